The van der Waals surface area contributed by atoms with Crippen LogP contribution >= 0.6 is 0 Å². The van der Waals surface area contributed by atoms with Crippen LogP contribution in [0.5, 0.6) is 0 Å². The summed E-state index contributed by atoms with van der Waals surface area (Å²) < 4.78 is 0. The number of pyridine rings is 1. The quantitative estimate of drug-likeness (QED) is 0.829. The molecule has 0 aromatic carbocycles. The topological polar surface area (TPSA) is 68.0 Å². The SMILES string of the molecule is Cc1cc(C)nc(NC(=O)C[C@@H](CN)CC(C)C)c1. The first-order chi connectivity index (χ1) is 8.90. The molecule has 3 N–H and O–H groups in total. The summed E-state index contributed by atoms with van der Waals surface area (Å²) in [7, 11) is 0. The lowest BCUT2D eigenvalue weighted by atomic mass is 9.94. The van der Waals surface area contributed by atoms with Gasteiger partial charge in [0.05, 0.1) is 0 Å². The number of hydrogen-bond donors (Lipinski definition) is 2. The number of nitrogens with zero attached hydrogens (tertiary/aromatic N) is 1. The minimum Gasteiger partial charge on any atom is -0.330 e. The van der Waals surface area contributed by atoms with Crippen molar-refractivity contribution >= 4 is 11.7 Å². The van der Waals surface area contributed by atoms with Gasteiger partial charge in [-0.1, -0.05) is 13.8 Å². The zero-order valence-corrected chi connectivity index (χ0v) is 12.4. The molecule has 1 atom stereocenters. The molecule has 1 heterocycles. The number of anilines is 1. The van der Waals surface area contributed by atoms with Crippen molar-refractivity contribution in [3.63, 3.8) is 0 Å². The molecule has 0 saturated carbocycles. The molecular formula is C15H25N3O. The van der Waals surface area contributed by atoms with Crippen LogP contribution in [0.3, 0.4) is 0 Å². The van der Waals surface area contributed by atoms with Crippen LogP contribution in [0, 0.1) is 25.7 Å². The van der Waals surface area contributed by atoms with Gasteiger partial charge in [-0.15, -0.1) is 0 Å². The Bertz CT molecular complexity index is 409. The van der Waals surface area contributed by atoms with E-state index in [0.29, 0.717) is 24.7 Å². The van der Waals surface area contributed by atoms with Crippen LogP contribution in [-0.4, -0.2) is 17.4 Å². The molecule has 0 bridgehead atoms. The zero-order valence-electron chi connectivity index (χ0n) is 12.4. The highest BCUT2D eigenvalue weighted by atomic mass is 16.1. The minimum absolute atomic E-state index is 0.00593. The van der Waals surface area contributed by atoms with E-state index in [9.17, 15) is 4.79 Å². The molecule has 4 nitrogen and oxygen atoms in total. The number of nitrogens with two attached hydrogens (primary N) is 1. The van der Waals surface area contributed by atoms with Gasteiger partial charge in [0.1, 0.15) is 5.82 Å². The maximum Gasteiger partial charge on any atom is 0.225 e. The molecule has 19 heavy (non-hydrogen) atoms. The van der Waals surface area contributed by atoms with Crippen molar-refractivity contribution < 1.29 is 4.79 Å². The lowest BCUT2D eigenvalue weighted by molar-refractivity contribution is -0.117. The summed E-state index contributed by atoms with van der Waals surface area (Å²) in [5.41, 5.74) is 7.72. The average molecular weight is 263 g/mol. The van der Waals surface area contributed by atoms with Crippen LogP contribution in [-0.2, 0) is 4.79 Å². The Labute approximate surface area is 115 Å². The van der Waals surface area contributed by atoms with Crippen molar-refractivity contribution in [2.24, 2.45) is 17.6 Å². The summed E-state index contributed by atoms with van der Waals surface area (Å²) in [6.07, 6.45) is 1.44. The highest BCUT2D eigenvalue weighted by molar-refractivity contribution is 5.90. The van der Waals surface area contributed by atoms with E-state index in [1.807, 2.05) is 26.0 Å². The highest BCUT2D eigenvalue weighted by Crippen LogP contribution is 2.16. The maximum atomic E-state index is 12.0. The van der Waals surface area contributed by atoms with Crippen molar-refractivity contribution in [3.05, 3.63) is 23.4 Å². The molecule has 0 aliphatic carbocycles. The first-order valence-electron chi connectivity index (χ1n) is 6.86. The Kier molecular flexibility index (Phi) is 5.96. The predicted octanol–water partition coefficient (Wildman–Crippen LogP) is 2.65. The van der Waals surface area contributed by atoms with Crippen LogP contribution in [0.4, 0.5) is 5.82 Å². The summed E-state index contributed by atoms with van der Waals surface area (Å²) in [4.78, 5) is 16.3. The predicted molar refractivity (Wildman–Crippen MR) is 79.0 cm³/mol. The number of hydrogen-bond acceptors (Lipinski definition) is 3. The molecule has 0 aliphatic heterocycles. The van der Waals surface area contributed by atoms with Gasteiger partial charge in [0.2, 0.25) is 5.91 Å². The average Bonchev–Trinajstić information content (AvgIpc) is 2.25. The summed E-state index contributed by atoms with van der Waals surface area (Å²) in [6.45, 7) is 8.75. The monoisotopic (exact) mass is 263 g/mol. The first kappa shape index (κ1) is 15.6. The lowest BCUT2D eigenvalue weighted by Crippen LogP contribution is -2.23. The van der Waals surface area contributed by atoms with Crippen LogP contribution < -0.4 is 11.1 Å². The second-order valence-corrected chi connectivity index (χ2v) is 5.65. The summed E-state index contributed by atoms with van der Waals surface area (Å²) in [5, 5.41) is 2.86. The number of carbonyl (C=O) groups excluding carboxylic acids is 1. The molecular weight excluding hydrogens is 238 g/mol. The number of carbonyl (C=O) groups is 1. The Morgan fingerprint density at radius 3 is 2.58 bits per heavy atom. The van der Waals surface area contributed by atoms with E-state index in [1.165, 1.54) is 0 Å². The van der Waals surface area contributed by atoms with Crippen molar-refractivity contribution in [1.82, 2.24) is 4.98 Å². The largest absolute Gasteiger partial charge is 0.330 e. The number of amides is 1. The fraction of sp³-hybridized carbons (Fsp3) is 0.600. The summed E-state index contributed by atoms with van der Waals surface area (Å²) >= 11 is 0. The molecule has 4 heteroatoms. The van der Waals surface area contributed by atoms with Gasteiger partial charge in [0, 0.05) is 12.1 Å². The molecule has 0 saturated heterocycles. The third kappa shape index (κ3) is 5.83. The van der Waals surface area contributed by atoms with Gasteiger partial charge in [-0.05, 0) is 56.3 Å². The van der Waals surface area contributed by atoms with Crippen molar-refractivity contribution in [1.29, 1.82) is 0 Å². The van der Waals surface area contributed by atoms with Gasteiger partial charge in [-0.25, -0.2) is 4.98 Å². The van der Waals surface area contributed by atoms with Crippen LogP contribution in [0.25, 0.3) is 0 Å². The molecule has 1 aromatic rings. The van der Waals surface area contributed by atoms with Gasteiger partial charge in [0.25, 0.3) is 0 Å². The zero-order chi connectivity index (χ0) is 14.4. The van der Waals surface area contributed by atoms with Crippen molar-refractivity contribution in [2.75, 3.05) is 11.9 Å². The number of nitrogens with one attached hydrogen (secondary N) is 1. The van der Waals surface area contributed by atoms with Crippen LogP contribution in [0.1, 0.15) is 37.9 Å². The molecule has 1 amide bonds. The lowest BCUT2D eigenvalue weighted by Gasteiger charge is -2.16. The van der Waals surface area contributed by atoms with Crippen molar-refractivity contribution in [3.8, 4) is 0 Å². The molecule has 0 radical (unpaired) electrons. The smallest absolute Gasteiger partial charge is 0.225 e. The standard InChI is InChI=1S/C15H25N3O/c1-10(2)5-13(9-16)8-15(19)18-14-7-11(3)6-12(4)17-14/h6-7,10,13H,5,8-9,16H2,1-4H3,(H,17,18,19)/t13-/m0/s1. The normalized spacial score (nSPS) is 12.5. The molecule has 0 fully saturated rings. The van der Waals surface area contributed by atoms with Crippen LogP contribution in [0.2, 0.25) is 0 Å². The fourth-order valence-electron chi connectivity index (χ4n) is 2.29. The number of aryl methyl sites for hydroxylation is 2. The second-order valence-electron chi connectivity index (χ2n) is 5.65. The number of rotatable bonds is 6. The van der Waals surface area contributed by atoms with E-state index in [-0.39, 0.29) is 11.8 Å². The third-order valence-electron chi connectivity index (χ3n) is 2.98. The molecule has 1 aromatic heterocycles. The highest BCUT2D eigenvalue weighted by Gasteiger charge is 2.14. The van der Waals surface area contributed by atoms with E-state index in [4.69, 9.17) is 5.73 Å². The molecule has 0 spiro atoms. The minimum atomic E-state index is -0.00593. The molecule has 0 aliphatic rings. The molecule has 0 unspecified atom stereocenters. The van der Waals surface area contributed by atoms with Gasteiger partial charge in [-0.2, -0.15) is 0 Å². The second kappa shape index (κ2) is 7.24. The van der Waals surface area contributed by atoms with Gasteiger partial charge < -0.3 is 11.1 Å². The number of aromatic nitrogens is 1. The summed E-state index contributed by atoms with van der Waals surface area (Å²) in [5.74, 6) is 1.42. The summed E-state index contributed by atoms with van der Waals surface area (Å²) in [6, 6.07) is 3.86. The maximum absolute atomic E-state index is 12.0. The van der Waals surface area contributed by atoms with E-state index < -0.39 is 0 Å². The third-order valence-corrected chi connectivity index (χ3v) is 2.98. The Hall–Kier alpha value is -1.42. The van der Waals surface area contributed by atoms with E-state index in [0.717, 1.165) is 17.7 Å². The van der Waals surface area contributed by atoms with E-state index in [2.05, 4.69) is 24.1 Å². The molecule has 1 rings (SSSR count). The Morgan fingerprint density at radius 1 is 1.37 bits per heavy atom. The fourth-order valence-corrected chi connectivity index (χ4v) is 2.29. The van der Waals surface area contributed by atoms with Gasteiger partial charge >= 0.3 is 0 Å². The molecule has 106 valence electrons. The Balaban J connectivity index is 2.58. The van der Waals surface area contributed by atoms with E-state index >= 15 is 0 Å². The van der Waals surface area contributed by atoms with Crippen molar-refractivity contribution in [2.45, 2.75) is 40.5 Å². The van der Waals surface area contributed by atoms with Crippen LogP contribution in [0.15, 0.2) is 12.1 Å². The Morgan fingerprint density at radius 2 is 2.05 bits per heavy atom. The van der Waals surface area contributed by atoms with Gasteiger partial charge in [-0.3, -0.25) is 4.79 Å². The van der Waals surface area contributed by atoms with E-state index in [1.54, 1.807) is 0 Å². The van der Waals surface area contributed by atoms with Gasteiger partial charge in [0.15, 0.2) is 0 Å². The first-order valence-corrected chi connectivity index (χ1v) is 6.86.